The maximum absolute atomic E-state index is 10.6. The lowest BCUT2D eigenvalue weighted by Crippen LogP contribution is -1.95. The Morgan fingerprint density at radius 3 is 2.80 bits per heavy atom. The lowest BCUT2D eigenvalue weighted by Gasteiger charge is -2.06. The van der Waals surface area contributed by atoms with Gasteiger partial charge in [0.15, 0.2) is 0 Å². The van der Waals surface area contributed by atoms with Gasteiger partial charge in [0.2, 0.25) is 0 Å². The van der Waals surface area contributed by atoms with E-state index in [-0.39, 0.29) is 0 Å². The first-order chi connectivity index (χ1) is 9.66. The predicted octanol–water partition coefficient (Wildman–Crippen LogP) is 4.02. The van der Waals surface area contributed by atoms with Gasteiger partial charge in [0.25, 0.3) is 0 Å². The zero-order valence-electron chi connectivity index (χ0n) is 11.1. The molecule has 0 aliphatic heterocycles. The third-order valence-electron chi connectivity index (χ3n) is 4.43. The van der Waals surface area contributed by atoms with Gasteiger partial charge in [0.1, 0.15) is 0 Å². The summed E-state index contributed by atoms with van der Waals surface area (Å²) in [4.78, 5) is 10.6. The van der Waals surface area contributed by atoms with Crippen LogP contribution in [-0.2, 0) is 11.2 Å². The Bertz CT molecular complexity index is 574. The van der Waals surface area contributed by atoms with Crippen LogP contribution in [0.3, 0.4) is 0 Å². The molecule has 104 valence electrons. The molecule has 0 saturated heterocycles. The summed E-state index contributed by atoms with van der Waals surface area (Å²) in [7, 11) is 0. The SMILES string of the molecule is O=C(O)/C=C/C1=C(Cl)C[C@@H]2[C@H](CCc3ccccc3)[C@H]12. The van der Waals surface area contributed by atoms with Gasteiger partial charge in [-0.2, -0.15) is 0 Å². The molecule has 1 N–H and O–H groups in total. The summed E-state index contributed by atoms with van der Waals surface area (Å²) < 4.78 is 0. The average molecular weight is 289 g/mol. The summed E-state index contributed by atoms with van der Waals surface area (Å²) >= 11 is 6.20. The first kappa shape index (κ1) is 13.4. The molecular weight excluding hydrogens is 272 g/mol. The molecular formula is C17H17ClO2. The minimum absolute atomic E-state index is 0.488. The van der Waals surface area contributed by atoms with Gasteiger partial charge in [-0.15, -0.1) is 0 Å². The van der Waals surface area contributed by atoms with Gasteiger partial charge in [0, 0.05) is 11.1 Å². The van der Waals surface area contributed by atoms with E-state index >= 15 is 0 Å². The minimum atomic E-state index is -0.910. The van der Waals surface area contributed by atoms with Crippen molar-refractivity contribution in [3.05, 3.63) is 58.7 Å². The predicted molar refractivity (Wildman–Crippen MR) is 79.5 cm³/mol. The molecule has 2 aliphatic rings. The molecule has 3 rings (SSSR count). The number of fused-ring (bicyclic) bond motifs is 1. The van der Waals surface area contributed by atoms with E-state index in [1.807, 2.05) is 6.07 Å². The largest absolute Gasteiger partial charge is 0.478 e. The summed E-state index contributed by atoms with van der Waals surface area (Å²) in [6, 6.07) is 10.5. The number of hydrogen-bond acceptors (Lipinski definition) is 1. The molecule has 0 aromatic heterocycles. The quantitative estimate of drug-likeness (QED) is 0.831. The van der Waals surface area contributed by atoms with E-state index in [0.29, 0.717) is 17.8 Å². The number of aryl methyl sites for hydroxylation is 1. The van der Waals surface area contributed by atoms with Crippen LogP contribution < -0.4 is 0 Å². The summed E-state index contributed by atoms with van der Waals surface area (Å²) in [5.41, 5.74) is 2.42. The highest BCUT2D eigenvalue weighted by molar-refractivity contribution is 6.30. The molecule has 0 heterocycles. The van der Waals surface area contributed by atoms with Crippen molar-refractivity contribution in [2.45, 2.75) is 19.3 Å². The first-order valence-corrected chi connectivity index (χ1v) is 7.38. The Labute approximate surface area is 123 Å². The fraction of sp³-hybridized carbons (Fsp3) is 0.353. The van der Waals surface area contributed by atoms with Crippen molar-refractivity contribution in [1.82, 2.24) is 0 Å². The molecule has 1 aromatic rings. The van der Waals surface area contributed by atoms with E-state index in [2.05, 4.69) is 24.3 Å². The number of aliphatic carboxylic acids is 1. The second-order valence-corrected chi connectivity index (χ2v) is 6.07. The molecule has 1 aromatic carbocycles. The van der Waals surface area contributed by atoms with Crippen LogP contribution in [-0.4, -0.2) is 11.1 Å². The van der Waals surface area contributed by atoms with E-state index in [1.165, 1.54) is 11.6 Å². The Morgan fingerprint density at radius 2 is 2.10 bits per heavy atom. The summed E-state index contributed by atoms with van der Waals surface area (Å²) in [5, 5.41) is 9.58. The van der Waals surface area contributed by atoms with Crippen LogP contribution >= 0.6 is 11.6 Å². The first-order valence-electron chi connectivity index (χ1n) is 7.00. The van der Waals surface area contributed by atoms with Gasteiger partial charge < -0.3 is 5.11 Å². The van der Waals surface area contributed by atoms with Crippen LogP contribution in [0.2, 0.25) is 0 Å². The van der Waals surface area contributed by atoms with Gasteiger partial charge in [-0.05, 0) is 48.2 Å². The summed E-state index contributed by atoms with van der Waals surface area (Å²) in [5.74, 6) is 0.888. The van der Waals surface area contributed by atoms with E-state index in [0.717, 1.165) is 29.9 Å². The highest BCUT2D eigenvalue weighted by Gasteiger charge is 2.55. The van der Waals surface area contributed by atoms with E-state index in [9.17, 15) is 4.79 Å². The fourth-order valence-corrected chi connectivity index (χ4v) is 3.79. The van der Waals surface area contributed by atoms with Crippen LogP contribution in [0, 0.1) is 17.8 Å². The number of benzene rings is 1. The molecule has 0 unspecified atom stereocenters. The molecule has 2 nitrogen and oxygen atoms in total. The monoisotopic (exact) mass is 288 g/mol. The smallest absolute Gasteiger partial charge is 0.328 e. The number of carbonyl (C=O) groups is 1. The summed E-state index contributed by atoms with van der Waals surface area (Å²) in [6.07, 6.45) is 6.06. The normalized spacial score (nSPS) is 27.9. The molecule has 1 fully saturated rings. The van der Waals surface area contributed by atoms with Gasteiger partial charge in [-0.1, -0.05) is 48.0 Å². The van der Waals surface area contributed by atoms with Crippen LogP contribution in [0.4, 0.5) is 0 Å². The minimum Gasteiger partial charge on any atom is -0.478 e. The summed E-state index contributed by atoms with van der Waals surface area (Å²) in [6.45, 7) is 0. The molecule has 0 amide bonds. The third-order valence-corrected chi connectivity index (χ3v) is 4.81. The number of allylic oxidation sites excluding steroid dienone is 3. The molecule has 0 spiro atoms. The van der Waals surface area contributed by atoms with Gasteiger partial charge >= 0.3 is 5.97 Å². The molecule has 1 saturated carbocycles. The molecule has 3 atom stereocenters. The Kier molecular flexibility index (Phi) is 3.66. The number of carboxylic acids is 1. The van der Waals surface area contributed by atoms with Crippen molar-refractivity contribution in [2.75, 3.05) is 0 Å². The van der Waals surface area contributed by atoms with Crippen molar-refractivity contribution in [2.24, 2.45) is 17.8 Å². The molecule has 0 bridgehead atoms. The molecule has 2 aliphatic carbocycles. The lowest BCUT2D eigenvalue weighted by molar-refractivity contribution is -0.131. The topological polar surface area (TPSA) is 37.3 Å². The van der Waals surface area contributed by atoms with Crippen LogP contribution in [0.15, 0.2) is 53.1 Å². The van der Waals surface area contributed by atoms with Gasteiger partial charge in [0.05, 0.1) is 0 Å². The zero-order chi connectivity index (χ0) is 14.1. The second kappa shape index (κ2) is 5.45. The Morgan fingerprint density at radius 1 is 1.35 bits per heavy atom. The fourth-order valence-electron chi connectivity index (χ4n) is 3.42. The highest BCUT2D eigenvalue weighted by Crippen LogP contribution is 2.62. The number of hydrogen-bond donors (Lipinski definition) is 1. The molecule has 3 heteroatoms. The Hall–Kier alpha value is -1.54. The van der Waals surface area contributed by atoms with Crippen molar-refractivity contribution >= 4 is 17.6 Å². The standard InChI is InChI=1S/C17H17ClO2/c18-15-10-14-12(7-6-11-4-2-1-3-5-11)17(14)13(15)8-9-16(19)20/h1-5,8-9,12,14,17H,6-7,10H2,(H,19,20)/b9-8+/t12-,14+,17+/m0/s1. The van der Waals surface area contributed by atoms with E-state index in [1.54, 1.807) is 6.08 Å². The average Bonchev–Trinajstić information content (AvgIpc) is 2.99. The zero-order valence-corrected chi connectivity index (χ0v) is 11.9. The molecule has 0 radical (unpaired) electrons. The van der Waals surface area contributed by atoms with Crippen molar-refractivity contribution in [3.63, 3.8) is 0 Å². The third kappa shape index (κ3) is 2.66. The molecule has 20 heavy (non-hydrogen) atoms. The van der Waals surface area contributed by atoms with Crippen LogP contribution in [0.25, 0.3) is 0 Å². The highest BCUT2D eigenvalue weighted by atomic mass is 35.5. The number of rotatable bonds is 5. The van der Waals surface area contributed by atoms with Gasteiger partial charge in [-0.25, -0.2) is 4.79 Å². The van der Waals surface area contributed by atoms with E-state index < -0.39 is 5.97 Å². The van der Waals surface area contributed by atoms with E-state index in [4.69, 9.17) is 16.7 Å². The second-order valence-electron chi connectivity index (χ2n) is 5.61. The number of halogens is 1. The van der Waals surface area contributed by atoms with Crippen molar-refractivity contribution in [3.8, 4) is 0 Å². The maximum atomic E-state index is 10.6. The van der Waals surface area contributed by atoms with Crippen molar-refractivity contribution in [1.29, 1.82) is 0 Å². The van der Waals surface area contributed by atoms with Crippen LogP contribution in [0.1, 0.15) is 18.4 Å². The Balaban J connectivity index is 1.60. The van der Waals surface area contributed by atoms with Crippen molar-refractivity contribution < 1.29 is 9.90 Å². The van der Waals surface area contributed by atoms with Crippen LogP contribution in [0.5, 0.6) is 0 Å². The lowest BCUT2D eigenvalue weighted by atomic mass is 10.0. The number of carboxylic acid groups (broad SMARTS) is 1. The maximum Gasteiger partial charge on any atom is 0.328 e. The van der Waals surface area contributed by atoms with Gasteiger partial charge in [-0.3, -0.25) is 0 Å².